The topological polar surface area (TPSA) is 92.6 Å². The number of halogens is 2. The molecule has 1 aliphatic rings. The molecule has 4 heterocycles. The molecule has 6 rings (SSSR count). The summed E-state index contributed by atoms with van der Waals surface area (Å²) in [7, 11) is 1.90. The minimum atomic E-state index is -0.333. The highest BCUT2D eigenvalue weighted by Crippen LogP contribution is 2.28. The van der Waals surface area contributed by atoms with E-state index >= 15 is 0 Å². The maximum absolute atomic E-state index is 13.5. The molecule has 9 nitrogen and oxygen atoms in total. The van der Waals surface area contributed by atoms with Crippen LogP contribution >= 0.6 is 23.2 Å². The van der Waals surface area contributed by atoms with E-state index in [-0.39, 0.29) is 11.8 Å². The van der Waals surface area contributed by atoms with Gasteiger partial charge in [-0.3, -0.25) is 19.5 Å². The number of nitrogens with one attached hydrogen (secondary N) is 1. The summed E-state index contributed by atoms with van der Waals surface area (Å²) >= 11 is 12.0. The Morgan fingerprint density at radius 2 is 1.77 bits per heavy atom. The fourth-order valence-corrected chi connectivity index (χ4v) is 5.39. The molecule has 218 valence electrons. The minimum absolute atomic E-state index is 0.0161. The van der Waals surface area contributed by atoms with E-state index in [0.717, 1.165) is 30.5 Å². The molecule has 1 N–H and O–H groups in total. The summed E-state index contributed by atoms with van der Waals surface area (Å²) in [5, 5.41) is 4.35. The maximum atomic E-state index is 13.5. The van der Waals surface area contributed by atoms with Gasteiger partial charge in [0.1, 0.15) is 11.4 Å². The van der Waals surface area contributed by atoms with E-state index in [4.69, 9.17) is 27.9 Å². The van der Waals surface area contributed by atoms with Gasteiger partial charge in [-0.05, 0) is 60.2 Å². The van der Waals surface area contributed by atoms with Gasteiger partial charge in [-0.15, -0.1) is 0 Å². The van der Waals surface area contributed by atoms with Crippen molar-refractivity contribution >= 4 is 51.6 Å². The Labute approximate surface area is 258 Å². The molecule has 0 unspecified atom stereocenters. The summed E-state index contributed by atoms with van der Waals surface area (Å²) in [5.41, 5.74) is 3.62. The van der Waals surface area contributed by atoms with Crippen molar-refractivity contribution in [2.45, 2.75) is 6.54 Å². The molecule has 0 atom stereocenters. The Kier molecular flexibility index (Phi) is 8.29. The van der Waals surface area contributed by atoms with Gasteiger partial charge in [0, 0.05) is 74.7 Å². The molecular formula is C32H28Cl2N6O3. The summed E-state index contributed by atoms with van der Waals surface area (Å²) in [6.07, 6.45) is 5.17. The molecule has 3 aromatic heterocycles. The number of amides is 2. The quantitative estimate of drug-likeness (QED) is 0.232. The van der Waals surface area contributed by atoms with Crippen molar-refractivity contribution < 1.29 is 14.3 Å². The van der Waals surface area contributed by atoms with Crippen molar-refractivity contribution in [3.05, 3.63) is 112 Å². The largest absolute Gasteiger partial charge is 0.439 e. The van der Waals surface area contributed by atoms with Gasteiger partial charge in [0.05, 0.1) is 21.9 Å². The molecule has 1 saturated heterocycles. The Bertz CT molecular complexity index is 1780. The molecule has 1 aliphatic heterocycles. The van der Waals surface area contributed by atoms with Crippen LogP contribution in [-0.2, 0) is 13.6 Å². The van der Waals surface area contributed by atoms with Crippen molar-refractivity contribution in [3.8, 4) is 11.6 Å². The van der Waals surface area contributed by atoms with Crippen LogP contribution in [0.1, 0.15) is 26.4 Å². The van der Waals surface area contributed by atoms with Gasteiger partial charge in [-0.2, -0.15) is 0 Å². The standard InChI is InChI=1S/C32H28Cl2N6O3/c1-38-28-8-6-25(43-30-9-5-24(19-36-30)37-31(41)22-4-7-26(33)27(34)16-22)15-23(28)17-29(38)32(42)40-13-11-39(12-14-40)20-21-3-2-10-35-18-21/h2-10,15-19H,11-14,20H2,1H3,(H,37,41). The highest BCUT2D eigenvalue weighted by molar-refractivity contribution is 6.42. The second kappa shape index (κ2) is 12.4. The normalized spacial score (nSPS) is 13.7. The first kappa shape index (κ1) is 28.7. The van der Waals surface area contributed by atoms with Crippen molar-refractivity contribution in [1.29, 1.82) is 0 Å². The van der Waals surface area contributed by atoms with Crippen LogP contribution < -0.4 is 10.1 Å². The lowest BCUT2D eigenvalue weighted by atomic mass is 10.2. The van der Waals surface area contributed by atoms with Crippen LogP contribution in [0.2, 0.25) is 10.0 Å². The number of anilines is 1. The summed E-state index contributed by atoms with van der Waals surface area (Å²) in [4.78, 5) is 38.8. The average Bonchev–Trinajstić information content (AvgIpc) is 3.35. The molecule has 0 radical (unpaired) electrons. The number of hydrogen-bond acceptors (Lipinski definition) is 6. The van der Waals surface area contributed by atoms with Gasteiger partial charge in [0.2, 0.25) is 5.88 Å². The number of rotatable bonds is 7. The van der Waals surface area contributed by atoms with Crippen LogP contribution in [0.3, 0.4) is 0 Å². The van der Waals surface area contributed by atoms with Crippen LogP contribution in [0.5, 0.6) is 11.6 Å². The van der Waals surface area contributed by atoms with Crippen molar-refractivity contribution in [1.82, 2.24) is 24.3 Å². The fraction of sp³-hybridized carbons (Fsp3) is 0.188. The van der Waals surface area contributed by atoms with Crippen LogP contribution in [0.4, 0.5) is 5.69 Å². The summed E-state index contributed by atoms with van der Waals surface area (Å²) in [5.74, 6) is 0.632. The maximum Gasteiger partial charge on any atom is 0.270 e. The minimum Gasteiger partial charge on any atom is -0.439 e. The first-order valence-corrected chi connectivity index (χ1v) is 14.5. The van der Waals surface area contributed by atoms with Crippen molar-refractivity contribution in [3.63, 3.8) is 0 Å². The zero-order valence-electron chi connectivity index (χ0n) is 23.3. The third kappa shape index (κ3) is 6.49. The van der Waals surface area contributed by atoms with E-state index in [0.29, 0.717) is 51.7 Å². The first-order chi connectivity index (χ1) is 20.8. The number of aromatic nitrogens is 3. The van der Waals surface area contributed by atoms with Crippen molar-refractivity contribution in [2.24, 2.45) is 7.05 Å². The predicted octanol–water partition coefficient (Wildman–Crippen LogP) is 6.28. The number of benzene rings is 2. The van der Waals surface area contributed by atoms with E-state index in [2.05, 4.69) is 26.3 Å². The van der Waals surface area contributed by atoms with Gasteiger partial charge in [0.25, 0.3) is 11.8 Å². The number of nitrogens with zero attached hydrogens (tertiary/aromatic N) is 5. The molecule has 0 aliphatic carbocycles. The van der Waals surface area contributed by atoms with Gasteiger partial charge in [0.15, 0.2) is 0 Å². The van der Waals surface area contributed by atoms with Gasteiger partial charge in [-0.25, -0.2) is 4.98 Å². The number of ether oxygens (including phenoxy) is 1. The third-order valence-electron chi connectivity index (χ3n) is 7.42. The van der Waals surface area contributed by atoms with Crippen LogP contribution in [0.25, 0.3) is 10.9 Å². The average molecular weight is 616 g/mol. The molecule has 11 heteroatoms. The Hall–Kier alpha value is -4.44. The molecule has 43 heavy (non-hydrogen) atoms. The highest BCUT2D eigenvalue weighted by atomic mass is 35.5. The molecule has 2 aromatic carbocycles. The number of carbonyl (C=O) groups excluding carboxylic acids is 2. The Morgan fingerprint density at radius 1 is 0.930 bits per heavy atom. The SMILES string of the molecule is Cn1c(C(=O)N2CCN(Cc3cccnc3)CC2)cc2cc(Oc3ccc(NC(=O)c4ccc(Cl)c(Cl)c4)cn3)ccc21. The number of pyridine rings is 2. The van der Waals surface area contributed by atoms with Crippen LogP contribution in [0, 0.1) is 0 Å². The lowest BCUT2D eigenvalue weighted by Gasteiger charge is -2.34. The van der Waals surface area contributed by atoms with Gasteiger partial charge >= 0.3 is 0 Å². The van der Waals surface area contributed by atoms with E-state index in [1.807, 2.05) is 53.0 Å². The molecule has 2 amide bonds. The number of carbonyl (C=O) groups is 2. The lowest BCUT2D eigenvalue weighted by Crippen LogP contribution is -2.48. The molecule has 0 spiro atoms. The Balaban J connectivity index is 1.08. The second-order valence-corrected chi connectivity index (χ2v) is 11.1. The number of fused-ring (bicyclic) bond motifs is 1. The smallest absolute Gasteiger partial charge is 0.270 e. The zero-order valence-corrected chi connectivity index (χ0v) is 24.8. The monoisotopic (exact) mass is 614 g/mol. The third-order valence-corrected chi connectivity index (χ3v) is 8.16. The van der Waals surface area contributed by atoms with E-state index in [1.54, 1.807) is 30.5 Å². The lowest BCUT2D eigenvalue weighted by molar-refractivity contribution is 0.0619. The van der Waals surface area contributed by atoms with E-state index < -0.39 is 0 Å². The molecule has 0 bridgehead atoms. The summed E-state index contributed by atoms with van der Waals surface area (Å²) in [6, 6.07) is 19.6. The molecular weight excluding hydrogens is 587 g/mol. The highest BCUT2D eigenvalue weighted by Gasteiger charge is 2.25. The number of hydrogen-bond donors (Lipinski definition) is 1. The Morgan fingerprint density at radius 3 is 2.49 bits per heavy atom. The fourth-order valence-electron chi connectivity index (χ4n) is 5.09. The predicted molar refractivity (Wildman–Crippen MR) is 167 cm³/mol. The zero-order chi connectivity index (χ0) is 29.9. The summed E-state index contributed by atoms with van der Waals surface area (Å²) in [6.45, 7) is 3.80. The molecule has 5 aromatic rings. The second-order valence-electron chi connectivity index (χ2n) is 10.3. The van der Waals surface area contributed by atoms with E-state index in [1.165, 1.54) is 17.8 Å². The molecule has 0 saturated carbocycles. The number of aryl methyl sites for hydroxylation is 1. The number of piperazine rings is 1. The van der Waals surface area contributed by atoms with Gasteiger partial charge in [-0.1, -0.05) is 29.3 Å². The van der Waals surface area contributed by atoms with Crippen LogP contribution in [0.15, 0.2) is 85.3 Å². The van der Waals surface area contributed by atoms with Crippen LogP contribution in [-0.4, -0.2) is 62.3 Å². The van der Waals surface area contributed by atoms with Gasteiger partial charge < -0.3 is 19.5 Å². The van der Waals surface area contributed by atoms with Crippen molar-refractivity contribution in [2.75, 3.05) is 31.5 Å². The summed E-state index contributed by atoms with van der Waals surface area (Å²) < 4.78 is 7.90. The first-order valence-electron chi connectivity index (χ1n) is 13.7. The molecule has 1 fully saturated rings. The van der Waals surface area contributed by atoms with E-state index in [9.17, 15) is 9.59 Å².